The van der Waals surface area contributed by atoms with Crippen LogP contribution in [0, 0.1) is 6.08 Å². The van der Waals surface area contributed by atoms with E-state index in [0.717, 1.165) is 6.42 Å². The van der Waals surface area contributed by atoms with Crippen molar-refractivity contribution in [1.82, 2.24) is 0 Å². The first-order valence-corrected chi connectivity index (χ1v) is 10.3. The number of allylic oxidation sites excluding steroid dienone is 4. The molecule has 0 nitrogen and oxygen atoms in total. The predicted molar refractivity (Wildman–Crippen MR) is 115 cm³/mol. The van der Waals surface area contributed by atoms with Crippen LogP contribution >= 0.6 is 0 Å². The van der Waals surface area contributed by atoms with E-state index in [1.807, 2.05) is 18.2 Å². The van der Waals surface area contributed by atoms with Gasteiger partial charge in [-0.15, -0.1) is 46.2 Å². The first kappa shape index (κ1) is 19.5. The van der Waals surface area contributed by atoms with Crippen LogP contribution in [-0.2, 0) is 24.2 Å². The van der Waals surface area contributed by atoms with Crippen molar-refractivity contribution >= 4 is 24.8 Å². The third-order valence-corrected chi connectivity index (χ3v) is 5.02. The molecule has 1 aliphatic rings. The number of rotatable bonds is 1. The van der Waals surface area contributed by atoms with E-state index in [9.17, 15) is 0 Å². The summed E-state index contributed by atoms with van der Waals surface area (Å²) in [5.41, 5.74) is 1.37. The minimum Gasteiger partial charge on any atom is -0.273 e. The molecule has 0 saturated carbocycles. The van der Waals surface area contributed by atoms with Crippen molar-refractivity contribution < 1.29 is 24.2 Å². The minimum absolute atomic E-state index is 1.01. The van der Waals surface area contributed by atoms with Crippen LogP contribution in [0.5, 0.6) is 0 Å². The van der Waals surface area contributed by atoms with Gasteiger partial charge in [0.2, 0.25) is 0 Å². The molecule has 1 heteroatoms. The fraction of sp³-hybridized carbons (Fsp3) is 0.0769. The van der Waals surface area contributed by atoms with E-state index >= 15 is 0 Å². The SMILES string of the molecule is C[C](=[Zr+2])c1ccccc1.[C-]1=CC=CC1.c1ccc2c(c1)[cH-]c1ccccc12. The molecule has 4 aromatic rings. The van der Waals surface area contributed by atoms with Gasteiger partial charge in [-0.3, -0.25) is 6.08 Å². The molecule has 130 valence electrons. The van der Waals surface area contributed by atoms with Gasteiger partial charge in [-0.25, -0.2) is 12.2 Å². The summed E-state index contributed by atoms with van der Waals surface area (Å²) in [7, 11) is 0. The summed E-state index contributed by atoms with van der Waals surface area (Å²) >= 11 is 1.51. The fourth-order valence-electron chi connectivity index (χ4n) is 2.93. The topological polar surface area (TPSA) is 0 Å². The van der Waals surface area contributed by atoms with Crippen LogP contribution < -0.4 is 0 Å². The van der Waals surface area contributed by atoms with Gasteiger partial charge in [0.05, 0.1) is 0 Å². The van der Waals surface area contributed by atoms with Crippen LogP contribution in [0.1, 0.15) is 18.9 Å². The third kappa shape index (κ3) is 5.62. The van der Waals surface area contributed by atoms with Gasteiger partial charge >= 0.3 is 70.3 Å². The van der Waals surface area contributed by atoms with Crippen LogP contribution in [0.2, 0.25) is 0 Å². The van der Waals surface area contributed by atoms with E-state index in [0.29, 0.717) is 0 Å². The minimum atomic E-state index is 1.01. The fourth-order valence-corrected chi connectivity index (χ4v) is 3.34. The molecule has 0 radical (unpaired) electrons. The van der Waals surface area contributed by atoms with Crippen molar-refractivity contribution in [2.24, 2.45) is 0 Å². The second-order valence-electron chi connectivity index (χ2n) is 6.31. The van der Waals surface area contributed by atoms with Crippen LogP contribution in [0.3, 0.4) is 0 Å². The van der Waals surface area contributed by atoms with Crippen LogP contribution in [0.15, 0.2) is 103 Å². The molecule has 5 rings (SSSR count). The molecule has 0 aliphatic heterocycles. The average molecular weight is 426 g/mol. The van der Waals surface area contributed by atoms with Crippen molar-refractivity contribution in [3.8, 4) is 0 Å². The van der Waals surface area contributed by atoms with Crippen LogP contribution in [-0.4, -0.2) is 3.21 Å². The molecule has 0 bridgehead atoms. The maximum atomic E-state index is 2.99. The summed E-state index contributed by atoms with van der Waals surface area (Å²) in [5.74, 6) is 0. The zero-order chi connectivity index (χ0) is 18.9. The summed E-state index contributed by atoms with van der Waals surface area (Å²) in [6, 6.07) is 29.7. The van der Waals surface area contributed by atoms with E-state index < -0.39 is 0 Å². The Morgan fingerprint density at radius 3 is 1.78 bits per heavy atom. The standard InChI is InChI=1S/C13H9.C8H8.C5H5.Zr/c1-3-7-12-10(5-1)9-11-6-2-4-8-13(11)12;1-2-8-6-4-3-5-7-8;1-2-4-5-3-1;/h1-9H;3-7H,1H3;1-3H,4H2;/q-1;;-1;+2. The summed E-state index contributed by atoms with van der Waals surface area (Å²) in [6.07, 6.45) is 10.0. The predicted octanol–water partition coefficient (Wildman–Crippen LogP) is 6.79. The zero-order valence-corrected chi connectivity index (χ0v) is 18.0. The Kier molecular flexibility index (Phi) is 7.37. The number of hydrogen-bond acceptors (Lipinski definition) is 0. The van der Waals surface area contributed by atoms with E-state index in [1.54, 1.807) is 0 Å². The number of benzene rings is 3. The Morgan fingerprint density at radius 2 is 1.37 bits per heavy atom. The molecule has 0 N–H and O–H groups in total. The van der Waals surface area contributed by atoms with Gasteiger partial charge in [0, 0.05) is 0 Å². The molecule has 0 atom stereocenters. The maximum Gasteiger partial charge on any atom is -0.0771 e. The number of hydrogen-bond donors (Lipinski definition) is 0. The first-order chi connectivity index (χ1) is 13.3. The van der Waals surface area contributed by atoms with Crippen molar-refractivity contribution in [2.75, 3.05) is 0 Å². The molecule has 0 unspecified atom stereocenters. The van der Waals surface area contributed by atoms with Gasteiger partial charge in [0.25, 0.3) is 0 Å². The van der Waals surface area contributed by atoms with Crippen molar-refractivity contribution in [1.29, 1.82) is 0 Å². The van der Waals surface area contributed by atoms with Gasteiger partial charge in [0.15, 0.2) is 0 Å². The quantitative estimate of drug-likeness (QED) is 0.294. The van der Waals surface area contributed by atoms with Gasteiger partial charge in [-0.1, -0.05) is 36.4 Å². The zero-order valence-electron chi connectivity index (χ0n) is 15.5. The largest absolute Gasteiger partial charge is 0.273 e. The van der Waals surface area contributed by atoms with Gasteiger partial charge in [-0.05, 0) is 0 Å². The van der Waals surface area contributed by atoms with E-state index in [4.69, 9.17) is 0 Å². The molecular weight excluding hydrogens is 404 g/mol. The van der Waals surface area contributed by atoms with Crippen molar-refractivity contribution in [3.63, 3.8) is 0 Å². The van der Waals surface area contributed by atoms with Crippen molar-refractivity contribution in [3.05, 3.63) is 115 Å². The Hall–Kier alpha value is -2.24. The summed E-state index contributed by atoms with van der Waals surface area (Å²) in [4.78, 5) is 0. The molecule has 0 spiro atoms. The molecular formula is C26H22Zr. The summed E-state index contributed by atoms with van der Waals surface area (Å²) in [5, 5.41) is 5.39. The Balaban J connectivity index is 0.000000130. The molecule has 0 fully saturated rings. The molecule has 4 aromatic carbocycles. The van der Waals surface area contributed by atoms with E-state index in [1.165, 1.54) is 54.5 Å². The molecule has 27 heavy (non-hydrogen) atoms. The number of fused-ring (bicyclic) bond motifs is 3. The van der Waals surface area contributed by atoms with Gasteiger partial charge in [-0.2, -0.15) is 6.08 Å². The monoisotopic (exact) mass is 424 g/mol. The van der Waals surface area contributed by atoms with Gasteiger partial charge < -0.3 is 0 Å². The van der Waals surface area contributed by atoms with Gasteiger partial charge in [0.1, 0.15) is 0 Å². The van der Waals surface area contributed by atoms with E-state index in [2.05, 4.69) is 97.9 Å². The Bertz CT molecular complexity index is 1000. The van der Waals surface area contributed by atoms with E-state index in [-0.39, 0.29) is 0 Å². The first-order valence-electron chi connectivity index (χ1n) is 9.11. The smallest absolute Gasteiger partial charge is 0.0771 e. The van der Waals surface area contributed by atoms with Crippen molar-refractivity contribution in [2.45, 2.75) is 13.3 Å². The normalized spacial score (nSPS) is 11.7. The second kappa shape index (κ2) is 10.2. The van der Waals surface area contributed by atoms with Crippen LogP contribution in [0.25, 0.3) is 21.5 Å². The maximum absolute atomic E-state index is 2.99. The molecule has 1 aliphatic carbocycles. The molecule has 0 heterocycles. The summed E-state index contributed by atoms with van der Waals surface area (Å²) < 4.78 is 1.46. The third-order valence-electron chi connectivity index (χ3n) is 4.32. The van der Waals surface area contributed by atoms with Crippen LogP contribution in [0.4, 0.5) is 0 Å². The second-order valence-corrected chi connectivity index (χ2v) is 8.16. The molecule has 0 saturated heterocycles. The summed E-state index contributed by atoms with van der Waals surface area (Å²) in [6.45, 7) is 2.16. The average Bonchev–Trinajstić information content (AvgIpc) is 3.41. The Labute approximate surface area is 176 Å². The molecule has 0 aromatic heterocycles. The molecule has 0 amide bonds. The Morgan fingerprint density at radius 1 is 0.815 bits per heavy atom.